The summed E-state index contributed by atoms with van der Waals surface area (Å²) in [6, 6.07) is 6.61. The van der Waals surface area contributed by atoms with Crippen molar-refractivity contribution >= 4 is 11.8 Å². The van der Waals surface area contributed by atoms with Crippen molar-refractivity contribution in [2.24, 2.45) is 0 Å². The zero-order chi connectivity index (χ0) is 17.4. The third-order valence-corrected chi connectivity index (χ3v) is 4.30. The fraction of sp³-hybridized carbons (Fsp3) is 0.353. The Balaban J connectivity index is 2.32. The Hall–Kier alpha value is -2.83. The van der Waals surface area contributed by atoms with Crippen molar-refractivity contribution in [1.29, 1.82) is 0 Å². The van der Waals surface area contributed by atoms with Crippen molar-refractivity contribution < 1.29 is 4.79 Å². The van der Waals surface area contributed by atoms with Crippen LogP contribution in [0.2, 0.25) is 0 Å². The van der Waals surface area contributed by atoms with Crippen LogP contribution in [0.1, 0.15) is 36.6 Å². The molecule has 1 aromatic heterocycles. The summed E-state index contributed by atoms with van der Waals surface area (Å²) in [5, 5.41) is 5.42. The zero-order valence-corrected chi connectivity index (χ0v) is 13.9. The van der Waals surface area contributed by atoms with Gasteiger partial charge in [-0.1, -0.05) is 29.8 Å². The van der Waals surface area contributed by atoms with Crippen molar-refractivity contribution in [3.05, 3.63) is 61.8 Å². The summed E-state index contributed by atoms with van der Waals surface area (Å²) in [4.78, 5) is 37.4. The lowest BCUT2D eigenvalue weighted by Gasteiger charge is -2.29. The molecule has 7 nitrogen and oxygen atoms in total. The van der Waals surface area contributed by atoms with Gasteiger partial charge in [-0.05, 0) is 26.3 Å². The maximum Gasteiger partial charge on any atom is 0.332 e. The smallest absolute Gasteiger partial charge is 0.327 e. The molecular formula is C17H20N4O3. The topological polar surface area (TPSA) is 85.1 Å². The molecular weight excluding hydrogens is 308 g/mol. The summed E-state index contributed by atoms with van der Waals surface area (Å²) in [6.07, 6.45) is 0. The molecule has 0 saturated carbocycles. The van der Waals surface area contributed by atoms with Crippen molar-refractivity contribution in [2.45, 2.75) is 39.9 Å². The fourth-order valence-corrected chi connectivity index (χ4v) is 3.04. The van der Waals surface area contributed by atoms with E-state index in [4.69, 9.17) is 0 Å². The van der Waals surface area contributed by atoms with E-state index in [1.165, 1.54) is 9.13 Å². The van der Waals surface area contributed by atoms with Gasteiger partial charge >= 0.3 is 11.7 Å². The second-order valence-electron chi connectivity index (χ2n) is 5.78. The van der Waals surface area contributed by atoms with Gasteiger partial charge in [-0.2, -0.15) is 0 Å². The van der Waals surface area contributed by atoms with Gasteiger partial charge < -0.3 is 5.32 Å². The number of anilines is 1. The molecule has 1 aromatic carbocycles. The Morgan fingerprint density at radius 3 is 2.21 bits per heavy atom. The second-order valence-corrected chi connectivity index (χ2v) is 5.78. The number of hydrogen-bond donors (Lipinski definition) is 2. The van der Waals surface area contributed by atoms with Crippen LogP contribution in [0.3, 0.4) is 0 Å². The molecule has 0 fully saturated rings. The maximum atomic E-state index is 12.8. The number of aromatic nitrogens is 2. The molecule has 1 unspecified atom stereocenters. The minimum atomic E-state index is -0.585. The van der Waals surface area contributed by atoms with E-state index < -0.39 is 17.8 Å². The highest BCUT2D eigenvalue weighted by molar-refractivity contribution is 5.92. The largest absolute Gasteiger partial charge is 0.332 e. The number of nitrogens with zero attached hydrogens (tertiary/aromatic N) is 2. The third kappa shape index (κ3) is 2.42. The van der Waals surface area contributed by atoms with Crippen LogP contribution >= 0.6 is 0 Å². The molecule has 0 radical (unpaired) electrons. The Bertz CT molecular complexity index is 909. The summed E-state index contributed by atoms with van der Waals surface area (Å²) >= 11 is 0. The average Bonchev–Trinajstić information content (AvgIpc) is 2.55. The lowest BCUT2D eigenvalue weighted by molar-refractivity contribution is 0.248. The molecule has 2 aromatic rings. The van der Waals surface area contributed by atoms with Crippen LogP contribution in [-0.2, 0) is 13.1 Å². The van der Waals surface area contributed by atoms with Crippen molar-refractivity contribution in [3.8, 4) is 0 Å². The highest BCUT2D eigenvalue weighted by Crippen LogP contribution is 2.28. The molecule has 2 amide bonds. The monoisotopic (exact) mass is 328 g/mol. The van der Waals surface area contributed by atoms with Crippen LogP contribution in [0.5, 0.6) is 0 Å². The fourth-order valence-electron chi connectivity index (χ4n) is 3.04. The van der Waals surface area contributed by atoms with Gasteiger partial charge in [0.05, 0.1) is 11.6 Å². The molecule has 7 heteroatoms. The lowest BCUT2D eigenvalue weighted by atomic mass is 9.97. The van der Waals surface area contributed by atoms with Gasteiger partial charge in [0.1, 0.15) is 5.82 Å². The van der Waals surface area contributed by atoms with Crippen LogP contribution in [-0.4, -0.2) is 15.2 Å². The van der Waals surface area contributed by atoms with E-state index in [1.54, 1.807) is 13.8 Å². The van der Waals surface area contributed by atoms with Gasteiger partial charge in [-0.25, -0.2) is 9.59 Å². The molecule has 1 aliphatic rings. The van der Waals surface area contributed by atoms with Crippen LogP contribution < -0.4 is 21.9 Å². The Morgan fingerprint density at radius 2 is 1.62 bits per heavy atom. The normalized spacial score (nSPS) is 16.3. The lowest BCUT2D eigenvalue weighted by Crippen LogP contribution is -2.50. The number of urea groups is 1. The van der Waals surface area contributed by atoms with Crippen LogP contribution in [0.4, 0.5) is 10.6 Å². The summed E-state index contributed by atoms with van der Waals surface area (Å²) in [5.74, 6) is 0.284. The van der Waals surface area contributed by atoms with E-state index >= 15 is 0 Å². The molecule has 2 N–H and O–H groups in total. The average molecular weight is 328 g/mol. The number of carbonyl (C=O) groups excluding carboxylic acids is 1. The molecule has 1 aliphatic heterocycles. The molecule has 126 valence electrons. The van der Waals surface area contributed by atoms with Gasteiger partial charge in [0.25, 0.3) is 5.56 Å². The first-order valence-corrected chi connectivity index (χ1v) is 7.99. The number of carbonyl (C=O) groups is 1. The minimum Gasteiger partial charge on any atom is -0.327 e. The van der Waals surface area contributed by atoms with Crippen molar-refractivity contribution in [1.82, 2.24) is 14.5 Å². The first-order chi connectivity index (χ1) is 11.5. The van der Waals surface area contributed by atoms with Crippen molar-refractivity contribution in [2.75, 3.05) is 5.32 Å². The molecule has 24 heavy (non-hydrogen) atoms. The van der Waals surface area contributed by atoms with Gasteiger partial charge in [0.15, 0.2) is 0 Å². The molecule has 0 bridgehead atoms. The van der Waals surface area contributed by atoms with Crippen LogP contribution in [0.15, 0.2) is 33.9 Å². The number of benzene rings is 1. The Morgan fingerprint density at radius 1 is 1.00 bits per heavy atom. The first-order valence-electron chi connectivity index (χ1n) is 7.99. The predicted octanol–water partition coefficient (Wildman–Crippen LogP) is 1.58. The van der Waals surface area contributed by atoms with Crippen molar-refractivity contribution in [3.63, 3.8) is 0 Å². The molecule has 3 rings (SSSR count). The van der Waals surface area contributed by atoms with Gasteiger partial charge in [-0.3, -0.25) is 19.2 Å². The molecule has 1 atom stereocenters. The highest BCUT2D eigenvalue weighted by Gasteiger charge is 2.32. The van der Waals surface area contributed by atoms with Crippen LogP contribution in [0, 0.1) is 6.92 Å². The molecule has 0 saturated heterocycles. The Kier molecular flexibility index (Phi) is 4.01. The molecule has 2 heterocycles. The van der Waals surface area contributed by atoms with E-state index in [1.807, 2.05) is 31.2 Å². The maximum absolute atomic E-state index is 12.8. The predicted molar refractivity (Wildman–Crippen MR) is 91.5 cm³/mol. The van der Waals surface area contributed by atoms with Crippen LogP contribution in [0.25, 0.3) is 0 Å². The zero-order valence-electron chi connectivity index (χ0n) is 13.9. The number of aryl methyl sites for hydroxylation is 1. The summed E-state index contributed by atoms with van der Waals surface area (Å²) < 4.78 is 2.63. The second kappa shape index (κ2) is 5.99. The summed E-state index contributed by atoms with van der Waals surface area (Å²) in [7, 11) is 0. The van der Waals surface area contributed by atoms with Gasteiger partial charge in [0.2, 0.25) is 0 Å². The van der Waals surface area contributed by atoms with E-state index in [9.17, 15) is 14.4 Å². The summed E-state index contributed by atoms with van der Waals surface area (Å²) in [5.41, 5.74) is 1.50. The van der Waals surface area contributed by atoms with E-state index in [0.29, 0.717) is 12.1 Å². The van der Waals surface area contributed by atoms with Gasteiger partial charge in [0, 0.05) is 13.1 Å². The minimum absolute atomic E-state index is 0.277. The highest BCUT2D eigenvalue weighted by atomic mass is 16.2. The third-order valence-electron chi connectivity index (χ3n) is 4.30. The van der Waals surface area contributed by atoms with Gasteiger partial charge in [-0.15, -0.1) is 0 Å². The number of hydrogen-bond acceptors (Lipinski definition) is 3. The number of nitrogens with one attached hydrogen (secondary N) is 2. The SMILES string of the molecule is CCn1c2c(c(=O)n(CC)c1=O)C(c1ccc(C)cc1)NC(=O)N2. The quantitative estimate of drug-likeness (QED) is 0.897. The van der Waals surface area contributed by atoms with E-state index in [0.717, 1.165) is 11.1 Å². The van der Waals surface area contributed by atoms with E-state index in [-0.39, 0.29) is 17.9 Å². The number of amides is 2. The summed E-state index contributed by atoms with van der Waals surface area (Å²) in [6.45, 7) is 6.17. The molecule has 0 spiro atoms. The molecule has 0 aliphatic carbocycles. The number of rotatable bonds is 3. The Labute approximate surface area is 138 Å². The number of fused-ring (bicyclic) bond motifs is 1. The standard InChI is InChI=1S/C17H20N4O3/c1-4-20-14-12(15(22)21(5-2)17(20)24)13(18-16(23)19-14)11-8-6-10(3)7-9-11/h6-9,13H,4-5H2,1-3H3,(H2,18,19,23). The first kappa shape index (κ1) is 16.0. The van der Waals surface area contributed by atoms with E-state index in [2.05, 4.69) is 10.6 Å².